The summed E-state index contributed by atoms with van der Waals surface area (Å²) in [6.07, 6.45) is 18.7. The van der Waals surface area contributed by atoms with Crippen LogP contribution in [0.5, 0.6) is 34.5 Å². The van der Waals surface area contributed by atoms with E-state index in [1.54, 1.807) is 0 Å². The van der Waals surface area contributed by atoms with Crippen molar-refractivity contribution < 1.29 is 28.4 Å². The molecule has 0 fully saturated rings. The zero-order valence-electron chi connectivity index (χ0n) is 32.8. The highest BCUT2D eigenvalue weighted by Crippen LogP contribution is 2.30. The first-order valence-corrected chi connectivity index (χ1v) is 21.4. The Balaban J connectivity index is 1.69. The zero-order chi connectivity index (χ0) is 37.1. The van der Waals surface area contributed by atoms with Gasteiger partial charge in [-0.05, 0) is 78.8 Å². The van der Waals surface area contributed by atoms with Crippen LogP contribution in [0.1, 0.15) is 147 Å². The Labute approximate surface area is 324 Å². The lowest BCUT2D eigenvalue weighted by atomic mass is 10.2. The highest BCUT2D eigenvalue weighted by Gasteiger charge is 2.10. The molecular weight excluding hydrogens is 716 g/mol. The van der Waals surface area contributed by atoms with E-state index >= 15 is 0 Å². The minimum absolute atomic E-state index is 0.390. The fourth-order valence-corrected chi connectivity index (χ4v) is 6.17. The van der Waals surface area contributed by atoms with Gasteiger partial charge in [0.2, 0.25) is 0 Å². The minimum atomic E-state index is 0.390. The molecule has 7 heteroatoms. The molecule has 0 bridgehead atoms. The Morgan fingerprint density at radius 3 is 0.865 bits per heavy atom. The van der Waals surface area contributed by atoms with Crippen molar-refractivity contribution in [2.75, 3.05) is 26.4 Å². The topological polar surface area (TPSA) is 55.4 Å². The maximum absolute atomic E-state index is 6.38. The molecule has 3 rings (SSSR count). The Kier molecular flexibility index (Phi) is 22.9. The summed E-state index contributed by atoms with van der Waals surface area (Å²) in [4.78, 5) is 0. The second-order valence-electron chi connectivity index (χ2n) is 13.8. The minimum Gasteiger partial charge on any atom is -0.493 e. The predicted octanol–water partition coefficient (Wildman–Crippen LogP) is 13.6. The average Bonchev–Trinajstić information content (AvgIpc) is 3.16. The molecule has 0 aliphatic rings. The second-order valence-corrected chi connectivity index (χ2v) is 14.3. The molecule has 52 heavy (non-hydrogen) atoms. The first-order valence-electron chi connectivity index (χ1n) is 20.3. The van der Waals surface area contributed by atoms with Crippen LogP contribution < -0.4 is 28.4 Å². The van der Waals surface area contributed by atoms with Gasteiger partial charge in [0.15, 0.2) is 0 Å². The fraction of sp³-hybridized carbons (Fsp3) is 0.600. The third-order valence-corrected chi connectivity index (χ3v) is 9.50. The molecule has 0 N–H and O–H groups in total. The maximum Gasteiger partial charge on any atom is 0.123 e. The lowest BCUT2D eigenvalue weighted by Crippen LogP contribution is -2.04. The molecule has 0 saturated heterocycles. The van der Waals surface area contributed by atoms with Crippen molar-refractivity contribution in [2.45, 2.75) is 149 Å². The van der Waals surface area contributed by atoms with E-state index in [1.165, 1.54) is 77.0 Å². The van der Waals surface area contributed by atoms with Crippen LogP contribution in [0.4, 0.5) is 0 Å². The summed E-state index contributed by atoms with van der Waals surface area (Å²) >= 11 is 3.64. The van der Waals surface area contributed by atoms with Crippen molar-refractivity contribution in [2.24, 2.45) is 0 Å². The average molecular weight is 784 g/mol. The van der Waals surface area contributed by atoms with Crippen LogP contribution in [0.15, 0.2) is 54.6 Å². The van der Waals surface area contributed by atoms with Crippen molar-refractivity contribution in [3.05, 3.63) is 71.3 Å². The zero-order valence-corrected chi connectivity index (χ0v) is 34.4. The van der Waals surface area contributed by atoms with E-state index < -0.39 is 0 Å². The molecule has 290 valence electrons. The molecule has 0 radical (unpaired) electrons. The lowest BCUT2D eigenvalue weighted by Gasteiger charge is -2.15. The molecule has 0 atom stereocenters. The van der Waals surface area contributed by atoms with Gasteiger partial charge >= 0.3 is 0 Å². The van der Waals surface area contributed by atoms with Crippen molar-refractivity contribution in [1.29, 1.82) is 0 Å². The molecular formula is C45H67BrO6. The summed E-state index contributed by atoms with van der Waals surface area (Å²) in [5.74, 6) is 4.82. The molecule has 6 nitrogen and oxygen atoms in total. The highest BCUT2D eigenvalue weighted by molar-refractivity contribution is 9.08. The quantitative estimate of drug-likeness (QED) is 0.0478. The van der Waals surface area contributed by atoms with E-state index in [1.807, 2.05) is 18.2 Å². The van der Waals surface area contributed by atoms with Gasteiger partial charge in [-0.2, -0.15) is 0 Å². The number of benzene rings is 3. The van der Waals surface area contributed by atoms with E-state index in [-0.39, 0.29) is 0 Å². The molecule has 0 aliphatic carbocycles. The van der Waals surface area contributed by atoms with E-state index in [2.05, 4.69) is 80.0 Å². The normalized spacial score (nSPS) is 11.0. The monoisotopic (exact) mass is 782 g/mol. The van der Waals surface area contributed by atoms with Crippen LogP contribution in [0, 0.1) is 0 Å². The predicted molar refractivity (Wildman–Crippen MR) is 219 cm³/mol. The van der Waals surface area contributed by atoms with Crippen molar-refractivity contribution in [3.63, 3.8) is 0 Å². The number of hydrogen-bond donors (Lipinski definition) is 0. The van der Waals surface area contributed by atoms with Crippen molar-refractivity contribution in [3.8, 4) is 34.5 Å². The van der Waals surface area contributed by atoms with Gasteiger partial charge in [0.25, 0.3) is 0 Å². The van der Waals surface area contributed by atoms with Crippen LogP contribution in [0.3, 0.4) is 0 Å². The molecule has 3 aromatic rings. The van der Waals surface area contributed by atoms with Gasteiger partial charge in [-0.1, -0.05) is 121 Å². The number of rotatable bonds is 31. The standard InChI is InChI=1S/C45H67BrO6/c1-5-9-13-17-21-47-40-27-38(28-41(31-40)48-22-18-14-10-6-2)35-51-44-25-37(34-46)26-45(33-44)52-36-39-29-42(49-23-19-15-11-7-3)32-43(30-39)50-24-20-16-12-8-4/h25-33H,5-24,34-36H2,1-4H3. The van der Waals surface area contributed by atoms with Gasteiger partial charge < -0.3 is 28.4 Å². The summed E-state index contributed by atoms with van der Waals surface area (Å²) in [6.45, 7) is 12.5. The van der Waals surface area contributed by atoms with Crippen LogP contribution >= 0.6 is 15.9 Å². The molecule has 0 aliphatic heterocycles. The third-order valence-electron chi connectivity index (χ3n) is 8.85. The summed E-state index contributed by atoms with van der Waals surface area (Å²) < 4.78 is 37.5. The molecule has 0 heterocycles. The van der Waals surface area contributed by atoms with E-state index in [0.717, 1.165) is 76.9 Å². The molecule has 0 aromatic heterocycles. The highest BCUT2D eigenvalue weighted by atomic mass is 79.9. The number of ether oxygens (including phenoxy) is 6. The third kappa shape index (κ3) is 18.6. The lowest BCUT2D eigenvalue weighted by molar-refractivity contribution is 0.276. The fourth-order valence-electron chi connectivity index (χ4n) is 5.84. The van der Waals surface area contributed by atoms with E-state index in [4.69, 9.17) is 28.4 Å². The largest absolute Gasteiger partial charge is 0.493 e. The van der Waals surface area contributed by atoms with Gasteiger partial charge in [0.1, 0.15) is 47.7 Å². The van der Waals surface area contributed by atoms with Crippen LogP contribution in [-0.4, -0.2) is 26.4 Å². The first kappa shape index (κ1) is 43.3. The van der Waals surface area contributed by atoms with E-state index in [9.17, 15) is 0 Å². The Morgan fingerprint density at radius 1 is 0.327 bits per heavy atom. The second kappa shape index (κ2) is 27.5. The summed E-state index contributed by atoms with van der Waals surface area (Å²) in [7, 11) is 0. The van der Waals surface area contributed by atoms with Crippen molar-refractivity contribution >= 4 is 15.9 Å². The molecule has 0 amide bonds. The number of halogens is 1. The van der Waals surface area contributed by atoms with Gasteiger partial charge in [0, 0.05) is 23.5 Å². The summed E-state index contributed by atoms with van der Waals surface area (Å²) in [5, 5.41) is 0.690. The van der Waals surface area contributed by atoms with Gasteiger partial charge in [-0.3, -0.25) is 0 Å². The summed E-state index contributed by atoms with van der Waals surface area (Å²) in [5.41, 5.74) is 3.10. The first-order chi connectivity index (χ1) is 25.6. The van der Waals surface area contributed by atoms with Gasteiger partial charge in [-0.25, -0.2) is 0 Å². The van der Waals surface area contributed by atoms with Crippen molar-refractivity contribution in [1.82, 2.24) is 0 Å². The summed E-state index contributed by atoms with van der Waals surface area (Å²) in [6, 6.07) is 18.4. The molecule has 0 unspecified atom stereocenters. The SMILES string of the molecule is CCCCCCOc1cc(COc2cc(CBr)cc(OCc3cc(OCCCCCC)cc(OCCCCCC)c3)c2)cc(OCCCCCC)c1. The number of unbranched alkanes of at least 4 members (excludes halogenated alkanes) is 12. The van der Waals surface area contributed by atoms with E-state index in [0.29, 0.717) is 45.0 Å². The van der Waals surface area contributed by atoms with Crippen LogP contribution in [-0.2, 0) is 18.5 Å². The number of alkyl halides is 1. The molecule has 0 spiro atoms. The Morgan fingerprint density at radius 2 is 0.596 bits per heavy atom. The van der Waals surface area contributed by atoms with Crippen LogP contribution in [0.25, 0.3) is 0 Å². The maximum atomic E-state index is 6.38. The molecule has 3 aromatic carbocycles. The number of hydrogen-bond acceptors (Lipinski definition) is 6. The molecule has 0 saturated carbocycles. The van der Waals surface area contributed by atoms with Crippen LogP contribution in [0.2, 0.25) is 0 Å². The Bertz CT molecular complexity index is 1200. The van der Waals surface area contributed by atoms with Gasteiger partial charge in [-0.15, -0.1) is 0 Å². The Hall–Kier alpha value is -3.06. The van der Waals surface area contributed by atoms with Gasteiger partial charge in [0.05, 0.1) is 26.4 Å². The smallest absolute Gasteiger partial charge is 0.123 e.